The molecule has 3 heterocycles. The molecule has 3 aromatic heterocycles. The number of carbonyl (C=O) groups excluding carboxylic acids is 1. The molecule has 0 spiro atoms. The number of aryl methyl sites for hydroxylation is 1. The molecule has 0 bridgehead atoms. The monoisotopic (exact) mass is 435 g/mol. The average molecular weight is 436 g/mol. The third-order valence-corrected chi connectivity index (χ3v) is 4.71. The summed E-state index contributed by atoms with van der Waals surface area (Å²) in [5, 5.41) is 11.1. The van der Waals surface area contributed by atoms with Crippen LogP contribution < -0.4 is 14.8 Å². The number of halogens is 1. The van der Waals surface area contributed by atoms with Crippen molar-refractivity contribution >= 4 is 38.3 Å². The Kier molecular flexibility index (Phi) is 5.43. The van der Waals surface area contributed by atoms with Crippen LogP contribution in [0.25, 0.3) is 11.1 Å². The Balaban J connectivity index is 2.07. The van der Waals surface area contributed by atoms with E-state index in [1.54, 1.807) is 19.4 Å². The number of hydrogen-bond donors (Lipinski definition) is 1. The number of nitrogens with one attached hydrogen (secondary N) is 1. The Morgan fingerprint density at radius 1 is 1.23 bits per heavy atom. The topological polar surface area (TPSA) is 99.1 Å². The van der Waals surface area contributed by atoms with E-state index in [0.29, 0.717) is 37.5 Å². The van der Waals surface area contributed by atoms with Gasteiger partial charge in [-0.1, -0.05) is 5.10 Å². The van der Waals surface area contributed by atoms with Crippen molar-refractivity contribution in [2.75, 3.05) is 19.5 Å². The fourth-order valence-electron chi connectivity index (χ4n) is 2.36. The molecular weight excluding hydrogens is 422 g/mol. The lowest BCUT2D eigenvalue weighted by molar-refractivity contribution is 0.102. The van der Waals surface area contributed by atoms with Crippen molar-refractivity contribution in [2.45, 2.75) is 6.92 Å². The van der Waals surface area contributed by atoms with Crippen LogP contribution in [-0.2, 0) is 0 Å². The van der Waals surface area contributed by atoms with Gasteiger partial charge in [-0.05, 0) is 51.9 Å². The van der Waals surface area contributed by atoms with E-state index in [1.807, 2.05) is 13.0 Å². The molecule has 26 heavy (non-hydrogen) atoms. The van der Waals surface area contributed by atoms with E-state index in [-0.39, 0.29) is 5.91 Å². The first kappa shape index (κ1) is 18.2. The number of carbonyl (C=O) groups is 1. The highest BCUT2D eigenvalue weighted by Crippen LogP contribution is 2.36. The molecular formula is C16H14BrN5O3S. The second kappa shape index (κ2) is 7.75. The summed E-state index contributed by atoms with van der Waals surface area (Å²) in [4.78, 5) is 21.2. The molecule has 0 unspecified atom stereocenters. The van der Waals surface area contributed by atoms with Gasteiger partial charge in [-0.3, -0.25) is 15.1 Å². The largest absolute Gasteiger partial charge is 0.494 e. The number of nitrogens with zero attached hydrogens (tertiary/aromatic N) is 4. The van der Waals surface area contributed by atoms with Gasteiger partial charge in [-0.15, -0.1) is 5.10 Å². The van der Waals surface area contributed by atoms with Crippen molar-refractivity contribution in [2.24, 2.45) is 0 Å². The number of anilines is 1. The molecule has 0 atom stereocenters. The summed E-state index contributed by atoms with van der Waals surface area (Å²) in [5.74, 6) is 0.142. The molecule has 1 amide bonds. The van der Waals surface area contributed by atoms with Gasteiger partial charge < -0.3 is 9.47 Å². The van der Waals surface area contributed by atoms with Gasteiger partial charge in [-0.25, -0.2) is 4.98 Å². The molecule has 0 saturated heterocycles. The number of amides is 1. The minimum Gasteiger partial charge on any atom is -0.494 e. The van der Waals surface area contributed by atoms with Crippen LogP contribution in [0.15, 0.2) is 29.1 Å². The Bertz CT molecular complexity index is 963. The predicted molar refractivity (Wildman–Crippen MR) is 101 cm³/mol. The first-order valence-corrected chi connectivity index (χ1v) is 8.98. The molecule has 10 heteroatoms. The Morgan fingerprint density at radius 2 is 2.04 bits per heavy atom. The maximum Gasteiger partial charge on any atom is 0.295 e. The SMILES string of the molecule is COc1nnc(NC(=O)c2cnc(C)c(OC)c2-c2ccnc(Br)c2)s1. The van der Waals surface area contributed by atoms with E-state index < -0.39 is 0 Å². The maximum atomic E-state index is 12.8. The highest BCUT2D eigenvalue weighted by Gasteiger charge is 2.21. The van der Waals surface area contributed by atoms with Crippen LogP contribution in [0.3, 0.4) is 0 Å². The first-order valence-electron chi connectivity index (χ1n) is 7.37. The molecule has 0 radical (unpaired) electrons. The number of methoxy groups -OCH3 is 2. The predicted octanol–water partition coefficient (Wildman–Crippen LogP) is 3.34. The van der Waals surface area contributed by atoms with Crippen molar-refractivity contribution in [3.05, 3.63) is 40.4 Å². The standard InChI is InChI=1S/C16H14BrN5O3S/c1-8-13(24-2)12(9-4-5-18-11(17)6-9)10(7-19-8)14(23)20-15-21-22-16(25-3)26-15/h4-7H,1-3H3,(H,20,21,23). The van der Waals surface area contributed by atoms with E-state index in [1.165, 1.54) is 13.3 Å². The molecule has 0 saturated carbocycles. The van der Waals surface area contributed by atoms with Crippen molar-refractivity contribution in [1.29, 1.82) is 0 Å². The van der Waals surface area contributed by atoms with Crippen molar-refractivity contribution in [1.82, 2.24) is 20.2 Å². The van der Waals surface area contributed by atoms with Crippen LogP contribution in [0.5, 0.6) is 10.9 Å². The fourth-order valence-corrected chi connectivity index (χ4v) is 3.28. The number of hydrogen-bond acceptors (Lipinski definition) is 8. The molecule has 8 nitrogen and oxygen atoms in total. The zero-order valence-corrected chi connectivity index (χ0v) is 16.5. The fraction of sp³-hybridized carbons (Fsp3) is 0.188. The lowest BCUT2D eigenvalue weighted by Crippen LogP contribution is -2.14. The van der Waals surface area contributed by atoms with E-state index in [9.17, 15) is 4.79 Å². The van der Waals surface area contributed by atoms with Gasteiger partial charge in [0.25, 0.3) is 11.1 Å². The minimum atomic E-state index is -0.377. The first-order chi connectivity index (χ1) is 12.5. The van der Waals surface area contributed by atoms with Crippen LogP contribution in [0.4, 0.5) is 5.13 Å². The van der Waals surface area contributed by atoms with Gasteiger partial charge >= 0.3 is 0 Å². The van der Waals surface area contributed by atoms with Crippen LogP contribution in [0, 0.1) is 6.92 Å². The normalized spacial score (nSPS) is 10.5. The van der Waals surface area contributed by atoms with Crippen molar-refractivity contribution in [3.63, 3.8) is 0 Å². The van der Waals surface area contributed by atoms with E-state index >= 15 is 0 Å². The summed E-state index contributed by atoms with van der Waals surface area (Å²) in [5.41, 5.74) is 2.41. The molecule has 0 fully saturated rings. The number of ether oxygens (including phenoxy) is 2. The summed E-state index contributed by atoms with van der Waals surface area (Å²) in [6.45, 7) is 1.82. The minimum absolute atomic E-state index is 0.327. The van der Waals surface area contributed by atoms with Gasteiger partial charge in [0.05, 0.1) is 25.5 Å². The molecule has 3 aromatic rings. The highest BCUT2D eigenvalue weighted by atomic mass is 79.9. The quantitative estimate of drug-likeness (QED) is 0.613. The zero-order chi connectivity index (χ0) is 18.7. The van der Waals surface area contributed by atoms with Gasteiger partial charge in [0, 0.05) is 18.0 Å². The molecule has 3 rings (SSSR count). The molecule has 1 N–H and O–H groups in total. The molecule has 0 aliphatic carbocycles. The summed E-state index contributed by atoms with van der Waals surface area (Å²) >= 11 is 4.48. The van der Waals surface area contributed by atoms with Gasteiger partial charge in [-0.2, -0.15) is 0 Å². The summed E-state index contributed by atoms with van der Waals surface area (Å²) < 4.78 is 11.1. The maximum absolute atomic E-state index is 12.8. The number of pyridine rings is 2. The Morgan fingerprint density at radius 3 is 2.69 bits per heavy atom. The van der Waals surface area contributed by atoms with Crippen LogP contribution in [0.1, 0.15) is 16.1 Å². The van der Waals surface area contributed by atoms with Crippen LogP contribution in [-0.4, -0.2) is 40.3 Å². The third-order valence-electron chi connectivity index (χ3n) is 3.48. The van der Waals surface area contributed by atoms with Crippen LogP contribution in [0.2, 0.25) is 0 Å². The second-order valence-electron chi connectivity index (χ2n) is 5.06. The zero-order valence-electron chi connectivity index (χ0n) is 14.1. The smallest absolute Gasteiger partial charge is 0.295 e. The van der Waals surface area contributed by atoms with Crippen LogP contribution >= 0.6 is 27.3 Å². The van der Waals surface area contributed by atoms with Gasteiger partial charge in [0.2, 0.25) is 5.13 Å². The highest BCUT2D eigenvalue weighted by molar-refractivity contribution is 9.10. The second-order valence-corrected chi connectivity index (χ2v) is 6.82. The summed E-state index contributed by atoms with van der Waals surface area (Å²) in [6, 6.07) is 3.61. The van der Waals surface area contributed by atoms with E-state index in [0.717, 1.165) is 16.9 Å². The number of aromatic nitrogens is 4. The Labute approximate surface area is 161 Å². The molecule has 0 aromatic carbocycles. The lowest BCUT2D eigenvalue weighted by atomic mass is 10.00. The van der Waals surface area contributed by atoms with E-state index in [2.05, 4.69) is 41.4 Å². The van der Waals surface area contributed by atoms with E-state index in [4.69, 9.17) is 9.47 Å². The lowest BCUT2D eigenvalue weighted by Gasteiger charge is -2.15. The summed E-state index contributed by atoms with van der Waals surface area (Å²) in [6.07, 6.45) is 3.15. The molecule has 134 valence electrons. The average Bonchev–Trinajstić information content (AvgIpc) is 3.08. The number of rotatable bonds is 5. The van der Waals surface area contributed by atoms with Gasteiger partial charge in [0.15, 0.2) is 0 Å². The van der Waals surface area contributed by atoms with Crippen molar-refractivity contribution in [3.8, 4) is 22.1 Å². The summed E-state index contributed by atoms with van der Waals surface area (Å²) in [7, 11) is 3.03. The molecule has 0 aliphatic rings. The van der Waals surface area contributed by atoms with Crippen molar-refractivity contribution < 1.29 is 14.3 Å². The third kappa shape index (κ3) is 3.65. The Hall–Kier alpha value is -2.59. The molecule has 0 aliphatic heterocycles. The van der Waals surface area contributed by atoms with Gasteiger partial charge in [0.1, 0.15) is 10.4 Å².